The van der Waals surface area contributed by atoms with Crippen LogP contribution in [-0.4, -0.2) is 54.7 Å². The first kappa shape index (κ1) is 24.3. The van der Waals surface area contributed by atoms with Crippen molar-refractivity contribution in [1.29, 1.82) is 5.41 Å². The van der Waals surface area contributed by atoms with Gasteiger partial charge in [0.05, 0.1) is 26.1 Å². The summed E-state index contributed by atoms with van der Waals surface area (Å²) in [4.78, 5) is 28.7. The Morgan fingerprint density at radius 1 is 1.03 bits per heavy atom. The van der Waals surface area contributed by atoms with Gasteiger partial charge in [0.25, 0.3) is 0 Å². The highest BCUT2D eigenvalue weighted by molar-refractivity contribution is 7.92. The van der Waals surface area contributed by atoms with Gasteiger partial charge in [-0.25, -0.2) is 8.42 Å². The van der Waals surface area contributed by atoms with Crippen LogP contribution in [0.5, 0.6) is 0 Å². The number of rotatable bonds is 7. The first-order valence-electron chi connectivity index (χ1n) is 11.5. The van der Waals surface area contributed by atoms with Crippen molar-refractivity contribution in [2.75, 3.05) is 6.54 Å². The maximum absolute atomic E-state index is 13.9. The Morgan fingerprint density at radius 2 is 1.69 bits per heavy atom. The van der Waals surface area contributed by atoms with Gasteiger partial charge >= 0.3 is 0 Å². The van der Waals surface area contributed by atoms with E-state index in [1.54, 1.807) is 24.3 Å². The molecular weight excluding hydrogens is 509 g/mol. The van der Waals surface area contributed by atoms with Gasteiger partial charge in [-0.15, -0.1) is 0 Å². The van der Waals surface area contributed by atoms with Crippen molar-refractivity contribution in [3.8, 4) is 0 Å². The van der Waals surface area contributed by atoms with Gasteiger partial charge < -0.3 is 15.6 Å². The van der Waals surface area contributed by atoms with E-state index in [1.165, 1.54) is 23.2 Å². The number of hydrogen-bond acceptors (Lipinski definition) is 5. The van der Waals surface area contributed by atoms with Crippen molar-refractivity contribution in [2.45, 2.75) is 59.2 Å². The molecule has 0 aromatic heterocycles. The van der Waals surface area contributed by atoms with Crippen LogP contribution >= 0.6 is 23.2 Å². The van der Waals surface area contributed by atoms with E-state index in [2.05, 4.69) is 5.32 Å². The minimum Gasteiger partial charge on any atom is -0.344 e. The fourth-order valence-corrected chi connectivity index (χ4v) is 7.26. The highest BCUT2D eigenvalue weighted by Gasteiger charge is 2.58. The van der Waals surface area contributed by atoms with Crippen molar-refractivity contribution < 1.29 is 18.0 Å². The predicted molar refractivity (Wildman–Crippen MR) is 134 cm³/mol. The Hall–Kier alpha value is -2.42. The molecule has 184 valence electrons. The largest absolute Gasteiger partial charge is 0.344 e. The van der Waals surface area contributed by atoms with Crippen LogP contribution in [0.2, 0.25) is 10.0 Å². The number of carbonyl (C=O) groups excluding carboxylic acids is 2. The van der Waals surface area contributed by atoms with Crippen LogP contribution in [0.1, 0.15) is 37.7 Å². The molecule has 1 saturated heterocycles. The third kappa shape index (κ3) is 4.26. The number of halogens is 2. The lowest BCUT2D eigenvalue weighted by Gasteiger charge is -2.29. The maximum Gasteiger partial charge on any atom is 0.243 e. The van der Waals surface area contributed by atoms with Crippen molar-refractivity contribution in [3.05, 3.63) is 64.1 Å². The second kappa shape index (κ2) is 8.61. The molecule has 0 unspecified atom stereocenters. The van der Waals surface area contributed by atoms with Gasteiger partial charge in [-0.2, -0.15) is 0 Å². The molecule has 0 spiro atoms. The van der Waals surface area contributed by atoms with E-state index >= 15 is 0 Å². The first-order chi connectivity index (χ1) is 16.6. The van der Waals surface area contributed by atoms with E-state index in [-0.39, 0.29) is 28.8 Å². The Balaban J connectivity index is 1.48. The van der Waals surface area contributed by atoms with Crippen LogP contribution in [0.4, 0.5) is 0 Å². The molecule has 10 heteroatoms. The third-order valence-corrected chi connectivity index (χ3v) is 10.3. The van der Waals surface area contributed by atoms with Crippen LogP contribution in [-0.2, 0) is 24.8 Å². The molecule has 1 aliphatic heterocycles. The zero-order chi connectivity index (χ0) is 25.0. The topological polar surface area (TPSA) is 107 Å². The molecule has 2 saturated carbocycles. The molecule has 2 aromatic rings. The highest BCUT2D eigenvalue weighted by Crippen LogP contribution is 2.51. The number of benzene rings is 2. The Kier molecular flexibility index (Phi) is 5.97. The molecular formula is C25H25Cl2N3O4S. The van der Waals surface area contributed by atoms with E-state index in [9.17, 15) is 18.0 Å². The van der Waals surface area contributed by atoms with Gasteiger partial charge in [0.1, 0.15) is 6.04 Å². The van der Waals surface area contributed by atoms with Crippen molar-refractivity contribution in [3.63, 3.8) is 0 Å². The molecule has 2 atom stereocenters. The lowest BCUT2D eigenvalue weighted by Crippen LogP contribution is -2.52. The minimum atomic E-state index is -3.90. The van der Waals surface area contributed by atoms with Gasteiger partial charge in [-0.3, -0.25) is 9.59 Å². The lowest BCUT2D eigenvalue weighted by molar-refractivity contribution is -0.140. The van der Waals surface area contributed by atoms with E-state index < -0.39 is 38.0 Å². The van der Waals surface area contributed by atoms with E-state index in [4.69, 9.17) is 28.6 Å². The van der Waals surface area contributed by atoms with Crippen molar-refractivity contribution in [1.82, 2.24) is 10.2 Å². The first-order valence-corrected chi connectivity index (χ1v) is 13.8. The van der Waals surface area contributed by atoms with Gasteiger partial charge in [0.2, 0.25) is 11.8 Å². The smallest absolute Gasteiger partial charge is 0.243 e. The number of nitrogens with zero attached hydrogens (tertiary/aromatic N) is 1. The Labute approximate surface area is 214 Å². The summed E-state index contributed by atoms with van der Waals surface area (Å²) in [6.45, 7) is -0.0998. The molecule has 2 N–H and O–H groups in total. The standard InChI is InChI=1S/C25H25Cl2N3O4S/c26-17-7-5-16(6-8-17)25(11-12-25)23(32)30-14-18(35(33,34)21-4-2-1-3-19(21)27)13-20(30)22(31)29-24(15-28)9-10-24/h1-8,15,18,20,28H,9-14H2,(H,29,31)/t18-,20+/m1/s1. The summed E-state index contributed by atoms with van der Waals surface area (Å²) in [7, 11) is -3.90. The normalized spacial score (nSPS) is 24.0. The van der Waals surface area contributed by atoms with Crippen LogP contribution in [0.3, 0.4) is 0 Å². The summed E-state index contributed by atoms with van der Waals surface area (Å²) in [5, 5.41) is 10.2. The zero-order valence-electron chi connectivity index (χ0n) is 18.8. The lowest BCUT2D eigenvalue weighted by atomic mass is 9.94. The number of amides is 2. The molecule has 2 aromatic carbocycles. The van der Waals surface area contributed by atoms with Gasteiger partial charge in [0, 0.05) is 17.8 Å². The number of nitrogens with one attached hydrogen (secondary N) is 2. The third-order valence-electron chi connectivity index (χ3n) is 7.40. The van der Waals surface area contributed by atoms with Crippen LogP contribution in [0.25, 0.3) is 0 Å². The quantitative estimate of drug-likeness (QED) is 0.528. The monoisotopic (exact) mass is 533 g/mol. The Bertz CT molecular complexity index is 1300. The fourth-order valence-electron chi connectivity index (χ4n) is 4.91. The summed E-state index contributed by atoms with van der Waals surface area (Å²) in [5.41, 5.74) is -0.675. The summed E-state index contributed by atoms with van der Waals surface area (Å²) in [6.07, 6.45) is 3.71. The van der Waals surface area contributed by atoms with Gasteiger partial charge in [0.15, 0.2) is 9.84 Å². The van der Waals surface area contributed by atoms with Crippen molar-refractivity contribution >= 4 is 51.1 Å². The number of likely N-dealkylation sites (tertiary alicyclic amines) is 1. The summed E-state index contributed by atoms with van der Waals surface area (Å²) in [5.74, 6) is -0.681. The summed E-state index contributed by atoms with van der Waals surface area (Å²) >= 11 is 12.2. The maximum atomic E-state index is 13.9. The number of carbonyl (C=O) groups is 2. The summed E-state index contributed by atoms with van der Waals surface area (Å²) in [6, 6.07) is 12.3. The number of sulfone groups is 1. The number of hydrogen-bond donors (Lipinski definition) is 2. The van der Waals surface area contributed by atoms with Gasteiger partial charge in [-0.1, -0.05) is 47.5 Å². The average Bonchev–Trinajstić information content (AvgIpc) is 3.76. The molecule has 0 bridgehead atoms. The fraction of sp³-hybridized carbons (Fsp3) is 0.400. The van der Waals surface area contributed by atoms with E-state index in [0.717, 1.165) is 5.56 Å². The molecule has 5 rings (SSSR count). The zero-order valence-corrected chi connectivity index (χ0v) is 21.2. The molecule has 0 radical (unpaired) electrons. The van der Waals surface area contributed by atoms with Crippen LogP contribution < -0.4 is 5.32 Å². The molecule has 3 aliphatic rings. The molecule has 35 heavy (non-hydrogen) atoms. The Morgan fingerprint density at radius 3 is 2.26 bits per heavy atom. The second-order valence-corrected chi connectivity index (χ2v) is 12.7. The summed E-state index contributed by atoms with van der Waals surface area (Å²) < 4.78 is 27.0. The molecule has 1 heterocycles. The minimum absolute atomic E-state index is 0.00267. The average molecular weight is 534 g/mol. The molecule has 2 amide bonds. The molecule has 7 nitrogen and oxygen atoms in total. The SMILES string of the molecule is N=CC1(NC(=O)[C@@H]2C[C@@H](S(=O)(=O)c3ccccc3Cl)CN2C(=O)C2(c3ccc(Cl)cc3)CC2)CC1. The molecule has 2 aliphatic carbocycles. The van der Waals surface area contributed by atoms with Crippen molar-refractivity contribution in [2.24, 2.45) is 0 Å². The predicted octanol–water partition coefficient (Wildman–Crippen LogP) is 3.77. The van der Waals surface area contributed by atoms with Crippen LogP contribution in [0, 0.1) is 5.41 Å². The van der Waals surface area contributed by atoms with Gasteiger partial charge in [-0.05, 0) is 61.9 Å². The van der Waals surface area contributed by atoms with E-state index in [1.807, 2.05) is 12.1 Å². The van der Waals surface area contributed by atoms with E-state index in [0.29, 0.717) is 30.7 Å². The molecule has 3 fully saturated rings. The van der Waals surface area contributed by atoms with Crippen LogP contribution in [0.15, 0.2) is 53.4 Å². The highest BCUT2D eigenvalue weighted by atomic mass is 35.5. The second-order valence-electron chi connectivity index (χ2n) is 9.69.